The van der Waals surface area contributed by atoms with E-state index in [1.807, 2.05) is 0 Å². The molecule has 2 nitrogen and oxygen atoms in total. The maximum Gasteiger partial charge on any atom is 1.00 e. The Labute approximate surface area is 109 Å². The number of thiocarbonyl (C=S) groups is 1. The van der Waals surface area contributed by atoms with Crippen LogP contribution in [0.25, 0.3) is 0 Å². The molecule has 0 atom stereocenters. The van der Waals surface area contributed by atoms with Crippen LogP contribution in [0.4, 0.5) is 0 Å². The number of carbonyl (C=O) groups excluding carboxylic acids is 1. The molecule has 0 amide bonds. The fourth-order valence-electron chi connectivity index (χ4n) is 0.479. The predicted octanol–water partition coefficient (Wildman–Crippen LogP) is -1.14. The first-order valence-corrected chi connectivity index (χ1v) is 5.34. The molecule has 6 heteroatoms. The van der Waals surface area contributed by atoms with Crippen LogP contribution in [0.2, 0.25) is 0 Å². The van der Waals surface area contributed by atoms with Gasteiger partial charge in [-0.05, 0) is 13.3 Å². The number of rotatable bonds is 4. The van der Waals surface area contributed by atoms with E-state index < -0.39 is 0 Å². The third-order valence-electron chi connectivity index (χ3n) is 0.932. The van der Waals surface area contributed by atoms with Crippen molar-refractivity contribution in [3.8, 4) is 0 Å². The molecule has 0 bridgehead atoms. The standard InChI is InChI=1S/C6H10O2S3.Na/c1-2-8-5(7)3-4-6(9)11-10;/h10H,2-4H2,1H3;/q;+1/p-1. The zero-order valence-electron chi connectivity index (χ0n) is 7.16. The molecule has 0 aliphatic carbocycles. The Morgan fingerprint density at radius 2 is 2.17 bits per heavy atom. The zero-order chi connectivity index (χ0) is 8.69. The van der Waals surface area contributed by atoms with Crippen molar-refractivity contribution in [3.05, 3.63) is 0 Å². The third-order valence-corrected chi connectivity index (χ3v) is 2.70. The molecule has 0 spiro atoms. The minimum Gasteiger partial charge on any atom is -0.713 e. The molecule has 0 heterocycles. The van der Waals surface area contributed by atoms with Gasteiger partial charge in [0, 0.05) is 4.20 Å². The molecule has 0 saturated carbocycles. The summed E-state index contributed by atoms with van der Waals surface area (Å²) in [5.74, 6) is -0.209. The van der Waals surface area contributed by atoms with E-state index in [1.165, 1.54) is 0 Å². The van der Waals surface area contributed by atoms with Gasteiger partial charge in [-0.1, -0.05) is 12.2 Å². The molecule has 0 radical (unpaired) electrons. The molecular weight excluding hydrogens is 223 g/mol. The van der Waals surface area contributed by atoms with Crippen molar-refractivity contribution >= 4 is 44.8 Å². The molecular formula is C6H9NaO2S3. The van der Waals surface area contributed by atoms with E-state index in [0.717, 1.165) is 10.8 Å². The van der Waals surface area contributed by atoms with Gasteiger partial charge in [-0.25, -0.2) is 0 Å². The Kier molecular flexibility index (Phi) is 13.5. The van der Waals surface area contributed by atoms with Crippen LogP contribution in [0.3, 0.4) is 0 Å². The Bertz CT molecular complexity index is 152. The summed E-state index contributed by atoms with van der Waals surface area (Å²) < 4.78 is 5.37. The summed E-state index contributed by atoms with van der Waals surface area (Å²) >= 11 is 9.42. The molecule has 0 fully saturated rings. The van der Waals surface area contributed by atoms with E-state index in [1.54, 1.807) is 6.92 Å². The van der Waals surface area contributed by atoms with Gasteiger partial charge < -0.3 is 16.4 Å². The van der Waals surface area contributed by atoms with Gasteiger partial charge in [0.1, 0.15) is 0 Å². The second-order valence-electron chi connectivity index (χ2n) is 1.76. The summed E-state index contributed by atoms with van der Waals surface area (Å²) in [6.07, 6.45) is 0.888. The molecule has 0 N–H and O–H groups in total. The number of hydrogen-bond acceptors (Lipinski definition) is 5. The fourth-order valence-corrected chi connectivity index (χ4v) is 1.02. The summed E-state index contributed by atoms with van der Waals surface area (Å²) in [6, 6.07) is 0. The van der Waals surface area contributed by atoms with Crippen LogP contribution in [0, 0.1) is 0 Å². The Balaban J connectivity index is 0. The first kappa shape index (κ1) is 15.7. The van der Waals surface area contributed by atoms with Crippen molar-refractivity contribution in [3.63, 3.8) is 0 Å². The smallest absolute Gasteiger partial charge is 0.713 e. The number of esters is 1. The van der Waals surface area contributed by atoms with Gasteiger partial charge >= 0.3 is 35.5 Å². The van der Waals surface area contributed by atoms with Gasteiger partial charge in [0.2, 0.25) is 0 Å². The van der Waals surface area contributed by atoms with Crippen LogP contribution in [0.1, 0.15) is 19.8 Å². The van der Waals surface area contributed by atoms with Gasteiger partial charge in [0.25, 0.3) is 0 Å². The van der Waals surface area contributed by atoms with E-state index in [9.17, 15) is 4.79 Å². The van der Waals surface area contributed by atoms with E-state index in [0.29, 0.717) is 23.6 Å². The Hall–Kier alpha value is 1.26. The van der Waals surface area contributed by atoms with Gasteiger partial charge in [0.15, 0.2) is 0 Å². The molecule has 0 aromatic rings. The Morgan fingerprint density at radius 3 is 2.58 bits per heavy atom. The monoisotopic (exact) mass is 232 g/mol. The zero-order valence-corrected chi connectivity index (χ0v) is 11.6. The van der Waals surface area contributed by atoms with Gasteiger partial charge in [-0.15, -0.1) is 0 Å². The van der Waals surface area contributed by atoms with Crippen LogP contribution in [0.5, 0.6) is 0 Å². The van der Waals surface area contributed by atoms with Crippen molar-refractivity contribution in [2.45, 2.75) is 19.8 Å². The molecule has 0 aromatic carbocycles. The van der Waals surface area contributed by atoms with E-state index in [-0.39, 0.29) is 35.5 Å². The van der Waals surface area contributed by atoms with Crippen molar-refractivity contribution in [2.75, 3.05) is 6.61 Å². The van der Waals surface area contributed by atoms with E-state index in [4.69, 9.17) is 17.0 Å². The normalized spacial score (nSPS) is 8.50. The average Bonchev–Trinajstić information content (AvgIpc) is 2.01. The molecule has 12 heavy (non-hydrogen) atoms. The van der Waals surface area contributed by atoms with Crippen LogP contribution in [-0.2, 0) is 21.2 Å². The number of carbonyl (C=O) groups is 1. The first-order chi connectivity index (χ1) is 5.20. The van der Waals surface area contributed by atoms with Crippen molar-refractivity contribution in [2.24, 2.45) is 0 Å². The topological polar surface area (TPSA) is 26.3 Å². The average molecular weight is 232 g/mol. The second kappa shape index (κ2) is 10.3. The number of ether oxygens (including phenoxy) is 1. The summed E-state index contributed by atoms with van der Waals surface area (Å²) in [6.45, 7) is 2.20. The molecule has 0 aliphatic heterocycles. The molecule has 0 aromatic heterocycles. The van der Waals surface area contributed by atoms with Crippen LogP contribution >= 0.6 is 23.0 Å². The quantitative estimate of drug-likeness (QED) is 0.201. The van der Waals surface area contributed by atoms with Crippen LogP contribution in [0.15, 0.2) is 0 Å². The largest absolute Gasteiger partial charge is 1.00 e. The first-order valence-electron chi connectivity index (χ1n) is 3.19. The predicted molar refractivity (Wildman–Crippen MR) is 53.4 cm³/mol. The fraction of sp³-hybridized carbons (Fsp3) is 0.667. The molecule has 0 rings (SSSR count). The van der Waals surface area contributed by atoms with Gasteiger partial charge in [0.05, 0.1) is 13.0 Å². The molecule has 0 unspecified atom stereocenters. The van der Waals surface area contributed by atoms with Crippen molar-refractivity contribution in [1.82, 2.24) is 0 Å². The molecule has 0 aliphatic rings. The third kappa shape index (κ3) is 9.35. The van der Waals surface area contributed by atoms with Crippen LogP contribution < -0.4 is 29.6 Å². The minimum atomic E-state index is -0.209. The van der Waals surface area contributed by atoms with Gasteiger partial charge in [-0.3, -0.25) is 15.6 Å². The van der Waals surface area contributed by atoms with Crippen molar-refractivity contribution < 1.29 is 39.1 Å². The van der Waals surface area contributed by atoms with E-state index >= 15 is 0 Å². The van der Waals surface area contributed by atoms with Crippen LogP contribution in [-0.4, -0.2) is 16.8 Å². The van der Waals surface area contributed by atoms with Crippen molar-refractivity contribution in [1.29, 1.82) is 0 Å². The molecule has 64 valence electrons. The maximum atomic E-state index is 10.7. The summed E-state index contributed by atoms with van der Waals surface area (Å²) in [5, 5.41) is 0. The summed E-state index contributed by atoms with van der Waals surface area (Å²) in [7, 11) is 1.09. The van der Waals surface area contributed by atoms with E-state index in [2.05, 4.69) is 11.7 Å². The van der Waals surface area contributed by atoms with Gasteiger partial charge in [-0.2, -0.15) is 0 Å². The summed E-state index contributed by atoms with van der Waals surface area (Å²) in [4.78, 5) is 10.7. The summed E-state index contributed by atoms with van der Waals surface area (Å²) in [5.41, 5.74) is 0. The Morgan fingerprint density at radius 1 is 1.58 bits per heavy atom. The molecule has 0 saturated heterocycles. The SMILES string of the molecule is CCOC(=O)CCC(=S)S[S-].[Na+]. The maximum absolute atomic E-state index is 10.7. The minimum absolute atomic E-state index is 0. The number of hydrogen-bond donors (Lipinski definition) is 0. The second-order valence-corrected chi connectivity index (χ2v) is 3.67.